The van der Waals surface area contributed by atoms with Gasteiger partial charge in [-0.05, 0) is 44.4 Å². The Labute approximate surface area is 121 Å². The lowest BCUT2D eigenvalue weighted by molar-refractivity contribution is -0.166. The van der Waals surface area contributed by atoms with Gasteiger partial charge in [0.1, 0.15) is 12.1 Å². The molecule has 0 aromatic heterocycles. The van der Waals surface area contributed by atoms with E-state index in [1.807, 2.05) is 9.80 Å². The van der Waals surface area contributed by atoms with E-state index in [1.54, 1.807) is 0 Å². The Hall–Kier alpha value is -1.06. The van der Waals surface area contributed by atoms with Gasteiger partial charge in [0.05, 0.1) is 0 Å². The highest BCUT2D eigenvalue weighted by Crippen LogP contribution is 2.37. The first kappa shape index (κ1) is 13.9. The van der Waals surface area contributed by atoms with E-state index in [9.17, 15) is 9.59 Å². The van der Waals surface area contributed by atoms with Gasteiger partial charge in [-0.1, -0.05) is 20.3 Å². The number of piperazine rings is 1. The summed E-state index contributed by atoms with van der Waals surface area (Å²) >= 11 is 0. The molecule has 3 atom stereocenters. The average Bonchev–Trinajstić information content (AvgIpc) is 2.79. The highest BCUT2D eigenvalue weighted by atomic mass is 16.2. The van der Waals surface area contributed by atoms with E-state index in [2.05, 4.69) is 20.8 Å². The van der Waals surface area contributed by atoms with Crippen LogP contribution in [-0.4, -0.2) is 46.3 Å². The van der Waals surface area contributed by atoms with Gasteiger partial charge in [-0.15, -0.1) is 0 Å². The monoisotopic (exact) mass is 278 g/mol. The maximum atomic E-state index is 12.9. The van der Waals surface area contributed by atoms with E-state index in [0.717, 1.165) is 19.4 Å². The maximum absolute atomic E-state index is 12.9. The lowest BCUT2D eigenvalue weighted by Gasteiger charge is -2.49. The summed E-state index contributed by atoms with van der Waals surface area (Å²) in [6.07, 6.45) is 5.51. The molecule has 3 fully saturated rings. The molecule has 2 amide bonds. The van der Waals surface area contributed by atoms with Gasteiger partial charge in [-0.3, -0.25) is 9.59 Å². The quantitative estimate of drug-likeness (QED) is 0.792. The lowest BCUT2D eigenvalue weighted by Crippen LogP contribution is -2.67. The fraction of sp³-hybridized carbons (Fsp3) is 0.875. The van der Waals surface area contributed by atoms with Crippen molar-refractivity contribution >= 4 is 11.8 Å². The van der Waals surface area contributed by atoms with Gasteiger partial charge in [0.15, 0.2) is 0 Å². The molecule has 3 unspecified atom stereocenters. The van der Waals surface area contributed by atoms with Crippen LogP contribution >= 0.6 is 0 Å². The Morgan fingerprint density at radius 1 is 1.00 bits per heavy atom. The predicted octanol–water partition coefficient (Wildman–Crippen LogP) is 2.03. The van der Waals surface area contributed by atoms with Gasteiger partial charge in [-0.25, -0.2) is 0 Å². The lowest BCUT2D eigenvalue weighted by atomic mass is 9.78. The number of carbonyl (C=O) groups is 2. The number of amides is 2. The number of hydrogen-bond acceptors (Lipinski definition) is 2. The molecule has 2 heterocycles. The minimum absolute atomic E-state index is 0.167. The summed E-state index contributed by atoms with van der Waals surface area (Å²) in [5, 5.41) is 0. The van der Waals surface area contributed by atoms with E-state index in [1.165, 1.54) is 19.3 Å². The fourth-order valence-electron chi connectivity index (χ4n) is 4.10. The Bertz CT molecular complexity index is 417. The molecule has 0 N–H and O–H groups in total. The van der Waals surface area contributed by atoms with E-state index in [0.29, 0.717) is 5.92 Å². The first-order chi connectivity index (χ1) is 9.52. The van der Waals surface area contributed by atoms with Crippen LogP contribution in [0.4, 0.5) is 0 Å². The zero-order valence-corrected chi connectivity index (χ0v) is 12.8. The molecule has 112 valence electrons. The first-order valence-corrected chi connectivity index (χ1v) is 8.15. The number of nitrogens with zero attached hydrogens (tertiary/aromatic N) is 2. The summed E-state index contributed by atoms with van der Waals surface area (Å²) in [5.41, 5.74) is 0. The molecule has 2 saturated heterocycles. The normalized spacial score (nSPS) is 32.6. The molecule has 3 rings (SSSR count). The topological polar surface area (TPSA) is 40.6 Å². The summed E-state index contributed by atoms with van der Waals surface area (Å²) in [6.45, 7) is 7.04. The number of hydrogen-bond donors (Lipinski definition) is 0. The van der Waals surface area contributed by atoms with Crippen LogP contribution in [0.15, 0.2) is 0 Å². The molecule has 0 aromatic carbocycles. The van der Waals surface area contributed by atoms with Gasteiger partial charge in [-0.2, -0.15) is 0 Å². The third kappa shape index (κ3) is 1.95. The highest BCUT2D eigenvalue weighted by Gasteiger charge is 2.51. The molecule has 2 aliphatic heterocycles. The van der Waals surface area contributed by atoms with Crippen LogP contribution in [0.3, 0.4) is 0 Å². The molecule has 0 bridgehead atoms. The number of fused-ring (bicyclic) bond motifs is 1. The Kier molecular flexibility index (Phi) is 3.51. The van der Waals surface area contributed by atoms with Crippen LogP contribution < -0.4 is 0 Å². The van der Waals surface area contributed by atoms with Crippen LogP contribution in [0.1, 0.15) is 52.9 Å². The zero-order chi connectivity index (χ0) is 14.4. The molecule has 0 radical (unpaired) electrons. The summed E-state index contributed by atoms with van der Waals surface area (Å²) in [6, 6.07) is -0.192. The maximum Gasteiger partial charge on any atom is 0.246 e. The van der Waals surface area contributed by atoms with Crippen molar-refractivity contribution in [1.29, 1.82) is 0 Å². The average molecular weight is 278 g/mol. The van der Waals surface area contributed by atoms with Crippen LogP contribution in [0.5, 0.6) is 0 Å². The van der Waals surface area contributed by atoms with E-state index in [4.69, 9.17) is 0 Å². The summed E-state index contributed by atoms with van der Waals surface area (Å²) in [4.78, 5) is 29.5. The van der Waals surface area contributed by atoms with Crippen molar-refractivity contribution < 1.29 is 9.59 Å². The Morgan fingerprint density at radius 2 is 1.70 bits per heavy atom. The molecule has 3 aliphatic rings. The van der Waals surface area contributed by atoms with Gasteiger partial charge < -0.3 is 9.80 Å². The predicted molar refractivity (Wildman–Crippen MR) is 77.0 cm³/mol. The smallest absolute Gasteiger partial charge is 0.246 e. The minimum Gasteiger partial charge on any atom is -0.329 e. The molecule has 0 aromatic rings. The van der Waals surface area contributed by atoms with Gasteiger partial charge in [0.25, 0.3) is 0 Å². The van der Waals surface area contributed by atoms with Crippen LogP contribution in [0.2, 0.25) is 0 Å². The van der Waals surface area contributed by atoms with Gasteiger partial charge in [0.2, 0.25) is 11.8 Å². The molecule has 1 aliphatic carbocycles. The van der Waals surface area contributed by atoms with Crippen molar-refractivity contribution in [2.45, 2.75) is 71.0 Å². The molecule has 4 heteroatoms. The second-order valence-electron chi connectivity index (χ2n) is 7.06. The summed E-state index contributed by atoms with van der Waals surface area (Å²) in [7, 11) is 0. The van der Waals surface area contributed by atoms with E-state index >= 15 is 0 Å². The zero-order valence-electron chi connectivity index (χ0n) is 12.8. The number of carbonyl (C=O) groups excluding carboxylic acids is 2. The van der Waals surface area contributed by atoms with Crippen molar-refractivity contribution in [2.24, 2.45) is 11.8 Å². The van der Waals surface area contributed by atoms with Crippen LogP contribution in [0, 0.1) is 11.8 Å². The Balaban J connectivity index is 1.90. The number of rotatable bonds is 3. The molecule has 20 heavy (non-hydrogen) atoms. The van der Waals surface area contributed by atoms with Crippen molar-refractivity contribution in [3.8, 4) is 0 Å². The molecule has 0 spiro atoms. The van der Waals surface area contributed by atoms with E-state index in [-0.39, 0.29) is 35.9 Å². The molecule has 1 saturated carbocycles. The third-order valence-electron chi connectivity index (χ3n) is 5.53. The standard InChI is InChI=1S/C16H26N2O2/c1-10(2)14-16(20)17-9-5-8-13(17)15(19)18(14)11(3)12-6-4-7-12/h10-14H,4-9H2,1-3H3. The fourth-order valence-corrected chi connectivity index (χ4v) is 4.10. The second-order valence-corrected chi connectivity index (χ2v) is 7.06. The van der Waals surface area contributed by atoms with Crippen LogP contribution in [0.25, 0.3) is 0 Å². The second kappa shape index (κ2) is 5.05. The van der Waals surface area contributed by atoms with Crippen molar-refractivity contribution in [2.75, 3.05) is 6.54 Å². The van der Waals surface area contributed by atoms with Gasteiger partial charge in [0, 0.05) is 12.6 Å². The SMILES string of the molecule is CC(C)C1C(=O)N2CCCC2C(=O)N1C(C)C1CCC1. The summed E-state index contributed by atoms with van der Waals surface area (Å²) < 4.78 is 0. The Morgan fingerprint density at radius 3 is 2.25 bits per heavy atom. The highest BCUT2D eigenvalue weighted by molar-refractivity contribution is 5.97. The van der Waals surface area contributed by atoms with Crippen molar-refractivity contribution in [3.63, 3.8) is 0 Å². The van der Waals surface area contributed by atoms with Crippen molar-refractivity contribution in [1.82, 2.24) is 9.80 Å². The third-order valence-corrected chi connectivity index (χ3v) is 5.53. The van der Waals surface area contributed by atoms with Crippen molar-refractivity contribution in [3.05, 3.63) is 0 Å². The largest absolute Gasteiger partial charge is 0.329 e. The van der Waals surface area contributed by atoms with Gasteiger partial charge >= 0.3 is 0 Å². The van der Waals surface area contributed by atoms with Crippen LogP contribution in [-0.2, 0) is 9.59 Å². The first-order valence-electron chi connectivity index (χ1n) is 8.15. The van der Waals surface area contributed by atoms with E-state index < -0.39 is 0 Å². The molecule has 4 nitrogen and oxygen atoms in total. The summed E-state index contributed by atoms with van der Waals surface area (Å²) in [5.74, 6) is 1.19. The minimum atomic E-state index is -0.243. The molecular weight excluding hydrogens is 252 g/mol. The molecular formula is C16H26N2O2.